The molecule has 6 heteroatoms. The molecule has 2 aromatic carbocycles. The Morgan fingerprint density at radius 1 is 1.09 bits per heavy atom. The van der Waals surface area contributed by atoms with Gasteiger partial charge in [0.05, 0.1) is 24.0 Å². The number of hydrogen-bond donors (Lipinski definition) is 1. The number of rotatable bonds is 4. The third-order valence-corrected chi connectivity index (χ3v) is 6.25. The standard InChI is InChI=1S/C27H22BrN3O2/c1-16-12-17(2)29-21(16)14-23-26(33-3)15-22(30-23)25-13-19-6-4-5-7-24(19)31(25)27(32)18-8-10-20(28)11-9-18/h4-15,29H,1-3H3/b23-14-. The minimum atomic E-state index is -0.109. The summed E-state index contributed by atoms with van der Waals surface area (Å²) in [5, 5.41) is 0.973. The number of allylic oxidation sites excluding steroid dienone is 1. The number of H-pyrrole nitrogens is 1. The Kier molecular flexibility index (Phi) is 5.38. The van der Waals surface area contributed by atoms with Gasteiger partial charge in [-0.2, -0.15) is 0 Å². The molecule has 1 N–H and O–H groups in total. The van der Waals surface area contributed by atoms with E-state index in [4.69, 9.17) is 9.73 Å². The highest BCUT2D eigenvalue weighted by Crippen LogP contribution is 2.29. The Morgan fingerprint density at radius 2 is 1.85 bits per heavy atom. The number of benzene rings is 2. The largest absolute Gasteiger partial charge is 0.494 e. The fraction of sp³-hybridized carbons (Fsp3) is 0.111. The number of hydrogen-bond acceptors (Lipinski definition) is 3. The molecule has 0 radical (unpaired) electrons. The average molecular weight is 500 g/mol. The highest BCUT2D eigenvalue weighted by Gasteiger charge is 2.24. The van der Waals surface area contributed by atoms with E-state index in [2.05, 4.69) is 33.9 Å². The van der Waals surface area contributed by atoms with E-state index in [1.54, 1.807) is 11.7 Å². The molecule has 0 atom stereocenters. The van der Waals surface area contributed by atoms with Crippen molar-refractivity contribution in [1.82, 2.24) is 9.55 Å². The lowest BCUT2D eigenvalue weighted by molar-refractivity contribution is 0.0964. The third-order valence-electron chi connectivity index (χ3n) is 5.72. The molecule has 0 unspecified atom stereocenters. The van der Waals surface area contributed by atoms with Gasteiger partial charge in [0.15, 0.2) is 0 Å². The Bertz CT molecular complexity index is 1480. The highest BCUT2D eigenvalue weighted by atomic mass is 79.9. The molecular formula is C27H22BrN3O2. The molecule has 2 aromatic heterocycles. The highest BCUT2D eigenvalue weighted by molar-refractivity contribution is 9.10. The third kappa shape index (κ3) is 3.87. The van der Waals surface area contributed by atoms with Crippen molar-refractivity contribution in [3.63, 3.8) is 0 Å². The van der Waals surface area contributed by atoms with E-state index >= 15 is 0 Å². The average Bonchev–Trinajstić information content (AvgIpc) is 3.48. The molecule has 4 aromatic rings. The second-order valence-corrected chi connectivity index (χ2v) is 8.94. The van der Waals surface area contributed by atoms with Crippen molar-refractivity contribution in [2.75, 3.05) is 7.11 Å². The van der Waals surface area contributed by atoms with Crippen LogP contribution in [0, 0.1) is 13.8 Å². The predicted molar refractivity (Wildman–Crippen MR) is 136 cm³/mol. The van der Waals surface area contributed by atoms with Crippen LogP contribution in [-0.2, 0) is 4.74 Å². The Balaban J connectivity index is 1.66. The smallest absolute Gasteiger partial charge is 0.262 e. The van der Waals surface area contributed by atoms with Crippen LogP contribution in [-0.4, -0.2) is 28.3 Å². The number of nitrogens with zero attached hydrogens (tertiary/aromatic N) is 2. The van der Waals surface area contributed by atoms with Crippen molar-refractivity contribution in [1.29, 1.82) is 0 Å². The van der Waals surface area contributed by atoms with Gasteiger partial charge in [0.1, 0.15) is 11.5 Å². The summed E-state index contributed by atoms with van der Waals surface area (Å²) < 4.78 is 8.29. The Labute approximate surface area is 200 Å². The van der Waals surface area contributed by atoms with Crippen molar-refractivity contribution in [3.05, 3.63) is 111 Å². The van der Waals surface area contributed by atoms with Crippen LogP contribution in [0.2, 0.25) is 0 Å². The van der Waals surface area contributed by atoms with E-state index in [1.165, 1.54) is 0 Å². The number of aromatic nitrogens is 2. The molecule has 5 rings (SSSR count). The van der Waals surface area contributed by atoms with Crippen LogP contribution in [0.25, 0.3) is 17.0 Å². The number of carbonyl (C=O) groups is 1. The maximum atomic E-state index is 13.6. The second-order valence-electron chi connectivity index (χ2n) is 8.02. The topological polar surface area (TPSA) is 59.4 Å². The summed E-state index contributed by atoms with van der Waals surface area (Å²) in [5.41, 5.74) is 6.77. The number of ether oxygens (including phenoxy) is 1. The van der Waals surface area contributed by atoms with Crippen molar-refractivity contribution < 1.29 is 9.53 Å². The molecule has 0 saturated heterocycles. The first-order valence-electron chi connectivity index (χ1n) is 10.6. The van der Waals surface area contributed by atoms with Gasteiger partial charge >= 0.3 is 0 Å². The molecule has 164 valence electrons. The number of carbonyl (C=O) groups excluding carboxylic acids is 1. The van der Waals surface area contributed by atoms with Crippen molar-refractivity contribution >= 4 is 44.5 Å². The van der Waals surface area contributed by atoms with E-state index < -0.39 is 0 Å². The number of aromatic amines is 1. The molecule has 0 fully saturated rings. The number of halogens is 1. The van der Waals surface area contributed by atoms with Crippen LogP contribution in [0.1, 0.15) is 33.0 Å². The minimum Gasteiger partial charge on any atom is -0.494 e. The van der Waals surface area contributed by atoms with E-state index in [9.17, 15) is 4.79 Å². The summed E-state index contributed by atoms with van der Waals surface area (Å²) in [6, 6.07) is 19.3. The van der Waals surface area contributed by atoms with Crippen molar-refractivity contribution in [3.8, 4) is 0 Å². The Hall–Kier alpha value is -3.64. The van der Waals surface area contributed by atoms with E-state index in [0.717, 1.165) is 38.0 Å². The molecule has 1 aliphatic rings. The van der Waals surface area contributed by atoms with Gasteiger partial charge in [-0.3, -0.25) is 9.36 Å². The summed E-state index contributed by atoms with van der Waals surface area (Å²) in [6.45, 7) is 4.08. The quantitative estimate of drug-likeness (QED) is 0.352. The lowest BCUT2D eigenvalue weighted by Gasteiger charge is -2.09. The van der Waals surface area contributed by atoms with Crippen LogP contribution in [0.3, 0.4) is 0 Å². The number of methoxy groups -OCH3 is 1. The molecule has 0 spiro atoms. The molecule has 0 amide bonds. The van der Waals surface area contributed by atoms with Gasteiger partial charge in [-0.15, -0.1) is 0 Å². The van der Waals surface area contributed by atoms with Crippen LogP contribution < -0.4 is 0 Å². The number of para-hydroxylation sites is 1. The minimum absolute atomic E-state index is 0.109. The maximum Gasteiger partial charge on any atom is 0.262 e. The molecule has 0 saturated carbocycles. The van der Waals surface area contributed by atoms with Crippen molar-refractivity contribution in [2.45, 2.75) is 13.8 Å². The Morgan fingerprint density at radius 3 is 2.55 bits per heavy atom. The lowest BCUT2D eigenvalue weighted by atomic mass is 10.2. The van der Waals surface area contributed by atoms with Gasteiger partial charge in [-0.1, -0.05) is 34.1 Å². The zero-order chi connectivity index (χ0) is 23.1. The predicted octanol–water partition coefficient (Wildman–Crippen LogP) is 6.41. The fourth-order valence-corrected chi connectivity index (χ4v) is 4.40. The summed E-state index contributed by atoms with van der Waals surface area (Å²) in [5.74, 6) is 0.548. The molecule has 5 nitrogen and oxygen atoms in total. The normalized spacial score (nSPS) is 14.6. The zero-order valence-electron chi connectivity index (χ0n) is 18.5. The molecular weight excluding hydrogens is 478 g/mol. The van der Waals surface area contributed by atoms with E-state index in [1.807, 2.05) is 73.7 Å². The first kappa shape index (κ1) is 21.2. The SMILES string of the molecule is COC1=CC(c2cc3ccccc3n2C(=O)c2ccc(Br)cc2)=N/C1=C\c1[nH]c(C)cc1C. The molecule has 0 bridgehead atoms. The van der Waals surface area contributed by atoms with Crippen LogP contribution >= 0.6 is 15.9 Å². The lowest BCUT2D eigenvalue weighted by Crippen LogP contribution is -2.17. The summed E-state index contributed by atoms with van der Waals surface area (Å²) in [6.07, 6.45) is 3.87. The zero-order valence-corrected chi connectivity index (χ0v) is 20.1. The monoisotopic (exact) mass is 499 g/mol. The number of aliphatic imine (C=N–C) groups is 1. The van der Waals surface area contributed by atoms with Gasteiger partial charge in [0.25, 0.3) is 5.91 Å². The summed E-state index contributed by atoms with van der Waals surface area (Å²) in [4.78, 5) is 21.8. The van der Waals surface area contributed by atoms with Crippen LogP contribution in [0.15, 0.2) is 87.7 Å². The van der Waals surface area contributed by atoms with Crippen molar-refractivity contribution in [2.24, 2.45) is 4.99 Å². The number of nitrogens with one attached hydrogen (secondary N) is 1. The van der Waals surface area contributed by atoms with Gasteiger partial charge in [0, 0.05) is 32.9 Å². The summed E-state index contributed by atoms with van der Waals surface area (Å²) in [7, 11) is 1.63. The molecule has 1 aliphatic heterocycles. The molecule has 0 aliphatic carbocycles. The first-order chi connectivity index (χ1) is 15.9. The molecule has 3 heterocycles. The van der Waals surface area contributed by atoms with Crippen LogP contribution in [0.4, 0.5) is 0 Å². The number of fused-ring (bicyclic) bond motifs is 1. The van der Waals surface area contributed by atoms with Crippen LogP contribution in [0.5, 0.6) is 0 Å². The maximum absolute atomic E-state index is 13.6. The van der Waals surface area contributed by atoms with Gasteiger partial charge in [-0.05, 0) is 68.0 Å². The van der Waals surface area contributed by atoms with E-state index in [0.29, 0.717) is 22.7 Å². The van der Waals surface area contributed by atoms with Gasteiger partial charge in [-0.25, -0.2) is 4.99 Å². The fourth-order valence-electron chi connectivity index (χ4n) is 4.13. The van der Waals surface area contributed by atoms with E-state index in [-0.39, 0.29) is 5.91 Å². The molecule has 33 heavy (non-hydrogen) atoms. The van der Waals surface area contributed by atoms with Gasteiger partial charge < -0.3 is 9.72 Å². The number of aryl methyl sites for hydroxylation is 2. The van der Waals surface area contributed by atoms with Gasteiger partial charge in [0.2, 0.25) is 0 Å². The second kappa shape index (κ2) is 8.37. The summed E-state index contributed by atoms with van der Waals surface area (Å²) >= 11 is 3.44. The first-order valence-corrected chi connectivity index (χ1v) is 11.4.